The van der Waals surface area contributed by atoms with E-state index in [4.69, 9.17) is 0 Å². The van der Waals surface area contributed by atoms with Crippen LogP contribution in [0.2, 0.25) is 0 Å². The molecule has 0 unspecified atom stereocenters. The van der Waals surface area contributed by atoms with Gasteiger partial charge in [-0.25, -0.2) is 0 Å². The van der Waals surface area contributed by atoms with Gasteiger partial charge in [-0.15, -0.1) is 0 Å². The van der Waals surface area contributed by atoms with Crippen LogP contribution in [-0.2, 0) is 0 Å². The topological polar surface area (TPSA) is 43.1 Å². The van der Waals surface area contributed by atoms with Crippen LogP contribution in [0, 0.1) is 10.1 Å². The molecule has 0 radical (unpaired) electrons. The Balaban J connectivity index is 2.05. The summed E-state index contributed by atoms with van der Waals surface area (Å²) in [6.45, 7) is 0. The molecule has 0 aromatic heterocycles. The monoisotopic (exact) mass is 355 g/mol. The summed E-state index contributed by atoms with van der Waals surface area (Å²) in [6.07, 6.45) is 1.96. The van der Waals surface area contributed by atoms with Gasteiger partial charge in [-0.2, -0.15) is 0 Å². The first-order chi connectivity index (χ1) is 8.75. The van der Waals surface area contributed by atoms with Crippen molar-refractivity contribution in [3.05, 3.63) is 74.4 Å². The van der Waals surface area contributed by atoms with Gasteiger partial charge in [0.2, 0.25) is 0 Å². The van der Waals surface area contributed by atoms with E-state index in [0.717, 1.165) is 5.56 Å². The molecular weight excluding hydrogens is 342 g/mol. The Morgan fingerprint density at radius 3 is 2.56 bits per heavy atom. The summed E-state index contributed by atoms with van der Waals surface area (Å²) < 4.78 is 3.49. The molecule has 2 aromatic carbocycles. The number of non-ortho nitro benzene ring substituents is 1. The second-order valence-corrected chi connectivity index (χ2v) is 6.38. The molecule has 3 nitrogen and oxygen atoms in total. The van der Waals surface area contributed by atoms with Crippen LogP contribution >= 0.6 is 0 Å². The fraction of sp³-hybridized carbons (Fsp3) is 0. The molecule has 0 heterocycles. The molecule has 2 rings (SSSR count). The quantitative estimate of drug-likeness (QED) is 0.482. The van der Waals surface area contributed by atoms with Crippen molar-refractivity contribution in [1.29, 1.82) is 0 Å². The zero-order chi connectivity index (χ0) is 12.8. The molecule has 0 aliphatic carbocycles. The molecule has 0 N–H and O–H groups in total. The van der Waals surface area contributed by atoms with E-state index in [2.05, 4.69) is 16.3 Å². The van der Waals surface area contributed by atoms with Crippen LogP contribution in [0.5, 0.6) is 0 Å². The van der Waals surface area contributed by atoms with Crippen LogP contribution in [-0.4, -0.2) is 25.8 Å². The van der Waals surface area contributed by atoms with Crippen LogP contribution < -0.4 is 3.61 Å². The van der Waals surface area contributed by atoms with Crippen LogP contribution in [0.1, 0.15) is 5.56 Å². The molecule has 0 saturated carbocycles. The number of nitrogens with zero attached hydrogens (tertiary/aromatic N) is 1. The predicted molar refractivity (Wildman–Crippen MR) is 74.0 cm³/mol. The number of benzene rings is 2. The summed E-state index contributed by atoms with van der Waals surface area (Å²) in [6, 6.07) is 17.0. The van der Waals surface area contributed by atoms with Crippen molar-refractivity contribution in [2.45, 2.75) is 0 Å². The molecule has 90 valence electrons. The van der Waals surface area contributed by atoms with E-state index in [-0.39, 0.29) is 31.5 Å². The predicted octanol–water partition coefficient (Wildman–Crippen LogP) is 2.60. The van der Waals surface area contributed by atoms with E-state index in [1.54, 1.807) is 12.1 Å². The Bertz CT molecular complexity index is 567. The average molecular weight is 353 g/mol. The van der Waals surface area contributed by atoms with Gasteiger partial charge in [0, 0.05) is 0 Å². The number of nitro groups is 1. The average Bonchev–Trinajstić information content (AvgIpc) is 2.40. The fourth-order valence-electron chi connectivity index (χ4n) is 1.43. The van der Waals surface area contributed by atoms with Gasteiger partial charge in [-0.1, -0.05) is 0 Å². The minimum atomic E-state index is -0.370. The van der Waals surface area contributed by atoms with Gasteiger partial charge in [0.15, 0.2) is 0 Å². The first-order valence-corrected chi connectivity index (χ1v) is 7.89. The molecule has 0 bridgehead atoms. The van der Waals surface area contributed by atoms with E-state index in [1.807, 2.05) is 30.3 Å². The van der Waals surface area contributed by atoms with E-state index in [0.29, 0.717) is 0 Å². The molecule has 0 saturated heterocycles. The van der Waals surface area contributed by atoms with Gasteiger partial charge >= 0.3 is 116 Å². The normalized spacial score (nSPS) is 10.7. The van der Waals surface area contributed by atoms with Crippen molar-refractivity contribution >= 4 is 36.3 Å². The van der Waals surface area contributed by atoms with E-state index in [1.165, 1.54) is 9.68 Å². The van der Waals surface area contributed by atoms with Crippen molar-refractivity contribution in [3.63, 3.8) is 0 Å². The molecule has 0 atom stereocenters. The van der Waals surface area contributed by atoms with Gasteiger partial charge in [0.05, 0.1) is 0 Å². The van der Waals surface area contributed by atoms with Gasteiger partial charge in [0.1, 0.15) is 0 Å². The molecule has 0 aliphatic heterocycles. The summed E-state index contributed by atoms with van der Waals surface area (Å²) in [5, 5.41) is 10.6. The Hall–Kier alpha value is -1.63. The van der Waals surface area contributed by atoms with E-state index < -0.39 is 0 Å². The second-order valence-electron chi connectivity index (χ2n) is 3.59. The Morgan fingerprint density at radius 2 is 1.83 bits per heavy atom. The van der Waals surface area contributed by atoms with Gasteiger partial charge in [0.25, 0.3) is 0 Å². The van der Waals surface area contributed by atoms with Crippen molar-refractivity contribution in [1.82, 2.24) is 0 Å². The summed E-state index contributed by atoms with van der Waals surface area (Å²) in [5.74, 6) is 0. The molecule has 0 spiro atoms. The number of nitro benzene ring substituents is 1. The van der Waals surface area contributed by atoms with Gasteiger partial charge in [-0.3, -0.25) is 0 Å². The van der Waals surface area contributed by atoms with Crippen molar-refractivity contribution in [2.24, 2.45) is 0 Å². The van der Waals surface area contributed by atoms with E-state index >= 15 is 0 Å². The zero-order valence-electron chi connectivity index (χ0n) is 9.52. The Morgan fingerprint density at radius 1 is 1.06 bits per heavy atom. The van der Waals surface area contributed by atoms with Crippen LogP contribution in [0.25, 0.3) is 6.08 Å². The zero-order valence-corrected chi connectivity index (χ0v) is 11.9. The maximum absolute atomic E-state index is 10.6. The van der Waals surface area contributed by atoms with Crippen LogP contribution in [0.15, 0.2) is 58.7 Å². The summed E-state index contributed by atoms with van der Waals surface area (Å²) in [5.41, 5.74) is 1.02. The molecule has 18 heavy (non-hydrogen) atoms. The molecular formula is C14H11NO2Te. The summed E-state index contributed by atoms with van der Waals surface area (Å²) >= 11 is -0.357. The summed E-state index contributed by atoms with van der Waals surface area (Å²) in [4.78, 5) is 10.3. The molecule has 0 amide bonds. The third kappa shape index (κ3) is 3.69. The van der Waals surface area contributed by atoms with Gasteiger partial charge < -0.3 is 0 Å². The van der Waals surface area contributed by atoms with Crippen molar-refractivity contribution in [2.75, 3.05) is 0 Å². The molecule has 0 fully saturated rings. The molecule has 4 heteroatoms. The Kier molecular flexibility index (Phi) is 4.52. The minimum absolute atomic E-state index is 0.137. The molecule has 2 aromatic rings. The number of rotatable bonds is 4. The Labute approximate surface area is 115 Å². The van der Waals surface area contributed by atoms with Crippen molar-refractivity contribution < 1.29 is 4.92 Å². The van der Waals surface area contributed by atoms with Crippen LogP contribution in [0.4, 0.5) is 5.69 Å². The first kappa shape index (κ1) is 12.8. The fourth-order valence-corrected chi connectivity index (χ4v) is 3.42. The second kappa shape index (κ2) is 6.34. The van der Waals surface area contributed by atoms with Crippen molar-refractivity contribution in [3.8, 4) is 0 Å². The third-order valence-electron chi connectivity index (χ3n) is 2.29. The number of hydrogen-bond acceptors (Lipinski definition) is 2. The van der Waals surface area contributed by atoms with Crippen LogP contribution in [0.3, 0.4) is 0 Å². The molecule has 0 aliphatic rings. The maximum atomic E-state index is 10.6. The third-order valence-corrected chi connectivity index (χ3v) is 4.62. The first-order valence-electron chi connectivity index (χ1n) is 5.38. The van der Waals surface area contributed by atoms with Gasteiger partial charge in [-0.05, 0) is 0 Å². The number of hydrogen-bond donors (Lipinski definition) is 0. The standard InChI is InChI=1S/C14H11NO2Te/c16-15(17)13-6-4-5-12(11-13)9-10-18-14-7-2-1-3-8-14/h1-11H/b10-9+. The van der Waals surface area contributed by atoms with E-state index in [9.17, 15) is 10.1 Å². The summed E-state index contributed by atoms with van der Waals surface area (Å²) in [7, 11) is 0. The SMILES string of the molecule is O=[N+]([O-])c1cccc(/C=C/[Te]c2ccccc2)c1.